The van der Waals surface area contributed by atoms with Crippen LogP contribution in [0.3, 0.4) is 0 Å². The first-order chi connectivity index (χ1) is 16.8. The van der Waals surface area contributed by atoms with Gasteiger partial charge < -0.3 is 5.11 Å². The van der Waals surface area contributed by atoms with Gasteiger partial charge in [0.05, 0.1) is 17.6 Å². The molecule has 0 saturated heterocycles. The van der Waals surface area contributed by atoms with Crippen LogP contribution in [0.15, 0.2) is 71.8 Å². The molecule has 4 aromatic heterocycles. The van der Waals surface area contributed by atoms with Crippen LogP contribution in [-0.2, 0) is 19.7 Å². The van der Waals surface area contributed by atoms with Crippen molar-refractivity contribution in [1.29, 1.82) is 0 Å². The van der Waals surface area contributed by atoms with E-state index >= 15 is 0 Å². The largest absolute Gasteiger partial charge is 0.374 e. The second-order valence-corrected chi connectivity index (χ2v) is 8.50. The first-order valence-electron chi connectivity index (χ1n) is 10.6. The van der Waals surface area contributed by atoms with Crippen molar-refractivity contribution in [2.75, 3.05) is 0 Å². The van der Waals surface area contributed by atoms with E-state index in [0.29, 0.717) is 49.8 Å². The van der Waals surface area contributed by atoms with Crippen molar-refractivity contribution >= 4 is 22.6 Å². The van der Waals surface area contributed by atoms with Gasteiger partial charge >= 0.3 is 0 Å². The number of aromatic nitrogens is 6. The molecule has 5 aromatic rings. The van der Waals surface area contributed by atoms with Gasteiger partial charge in [-0.15, -0.1) is 11.5 Å². The van der Waals surface area contributed by atoms with E-state index in [1.54, 1.807) is 68.8 Å². The zero-order valence-electron chi connectivity index (χ0n) is 18.8. The highest BCUT2D eigenvalue weighted by molar-refractivity contribution is 6.30. The first-order valence-corrected chi connectivity index (χ1v) is 11.0. The Labute approximate surface area is 205 Å². The summed E-state index contributed by atoms with van der Waals surface area (Å²) in [5, 5.41) is 21.3. The zero-order valence-corrected chi connectivity index (χ0v) is 19.6. The van der Waals surface area contributed by atoms with Crippen LogP contribution in [0, 0.1) is 12.3 Å². The van der Waals surface area contributed by atoms with Gasteiger partial charge in [-0.1, -0.05) is 40.9 Å². The topological polar surface area (TPSA) is 98.7 Å². The maximum atomic E-state index is 12.7. The van der Waals surface area contributed by atoms with Crippen LogP contribution < -0.4 is 5.56 Å². The van der Waals surface area contributed by atoms with Crippen molar-refractivity contribution in [3.63, 3.8) is 0 Å². The van der Waals surface area contributed by atoms with Crippen LogP contribution in [0.4, 0.5) is 0 Å². The van der Waals surface area contributed by atoms with Gasteiger partial charge in [0.2, 0.25) is 0 Å². The number of aliphatic hydroxyl groups is 1. The summed E-state index contributed by atoms with van der Waals surface area (Å²) >= 11 is 6.11. The van der Waals surface area contributed by atoms with Gasteiger partial charge in [-0.25, -0.2) is 14.6 Å². The predicted octanol–water partition coefficient (Wildman–Crippen LogP) is 3.04. The molecule has 4 heterocycles. The van der Waals surface area contributed by atoms with Crippen molar-refractivity contribution in [2.45, 2.75) is 5.60 Å². The quantitative estimate of drug-likeness (QED) is 0.395. The van der Waals surface area contributed by atoms with Crippen molar-refractivity contribution in [1.82, 2.24) is 29.5 Å². The number of benzene rings is 1. The molecule has 9 heteroatoms. The third-order valence-electron chi connectivity index (χ3n) is 6.01. The molecule has 0 spiro atoms. The number of aryl methyl sites for hydroxylation is 2. The first kappa shape index (κ1) is 22.5. The summed E-state index contributed by atoms with van der Waals surface area (Å²) in [6.45, 7) is 0. The lowest BCUT2D eigenvalue weighted by atomic mass is 9.84. The van der Waals surface area contributed by atoms with Crippen molar-refractivity contribution < 1.29 is 5.11 Å². The van der Waals surface area contributed by atoms with E-state index in [0.717, 1.165) is 0 Å². The molecular formula is C26H19ClN6O2. The minimum atomic E-state index is -1.66. The highest BCUT2D eigenvalue weighted by Gasteiger charge is 2.38. The van der Waals surface area contributed by atoms with E-state index in [-0.39, 0.29) is 5.56 Å². The second-order valence-electron chi connectivity index (χ2n) is 8.06. The van der Waals surface area contributed by atoms with E-state index in [4.69, 9.17) is 18.0 Å². The van der Waals surface area contributed by atoms with E-state index in [1.165, 1.54) is 21.5 Å². The van der Waals surface area contributed by atoms with Crippen LogP contribution in [-0.4, -0.2) is 34.6 Å². The number of rotatable bonds is 4. The normalized spacial score (nSPS) is 12.9. The molecule has 0 amide bonds. The van der Waals surface area contributed by atoms with Crippen LogP contribution in [0.5, 0.6) is 0 Å². The Morgan fingerprint density at radius 3 is 2.51 bits per heavy atom. The molecule has 0 aliphatic carbocycles. The van der Waals surface area contributed by atoms with Crippen LogP contribution >= 0.6 is 11.6 Å². The highest BCUT2D eigenvalue weighted by Crippen LogP contribution is 2.38. The molecule has 0 bridgehead atoms. The molecule has 8 nitrogen and oxygen atoms in total. The Kier molecular flexibility index (Phi) is 5.44. The van der Waals surface area contributed by atoms with Crippen molar-refractivity contribution in [2.24, 2.45) is 14.1 Å². The molecule has 172 valence electrons. The number of halogens is 1. The lowest BCUT2D eigenvalue weighted by molar-refractivity contribution is 0.116. The predicted molar refractivity (Wildman–Crippen MR) is 133 cm³/mol. The average Bonchev–Trinajstić information content (AvgIpc) is 3.32. The molecule has 35 heavy (non-hydrogen) atoms. The summed E-state index contributed by atoms with van der Waals surface area (Å²) in [6.07, 6.45) is 8.58. The van der Waals surface area contributed by atoms with E-state index < -0.39 is 5.60 Å². The Balaban J connectivity index is 1.84. The third-order valence-corrected chi connectivity index (χ3v) is 6.26. The average molecular weight is 483 g/mol. The Morgan fingerprint density at radius 2 is 1.83 bits per heavy atom. The van der Waals surface area contributed by atoms with Gasteiger partial charge in [-0.05, 0) is 35.9 Å². The minimum absolute atomic E-state index is 0.246. The van der Waals surface area contributed by atoms with Crippen molar-refractivity contribution in [3.8, 4) is 23.6 Å². The molecule has 0 aliphatic heterocycles. The summed E-state index contributed by atoms with van der Waals surface area (Å²) in [5.74, 6) is 2.52. The highest BCUT2D eigenvalue weighted by atomic mass is 35.5. The molecule has 0 radical (unpaired) electrons. The maximum absolute atomic E-state index is 12.7. The van der Waals surface area contributed by atoms with Crippen molar-refractivity contribution in [3.05, 3.63) is 105 Å². The van der Waals surface area contributed by atoms with Crippen LogP contribution in [0.25, 0.3) is 22.3 Å². The van der Waals surface area contributed by atoms with Gasteiger partial charge in [0.15, 0.2) is 5.60 Å². The summed E-state index contributed by atoms with van der Waals surface area (Å²) in [5.41, 5.74) is 1.48. The molecule has 0 unspecified atom stereocenters. The number of nitrogens with zero attached hydrogens (tertiary/aromatic N) is 6. The second kappa shape index (κ2) is 8.47. The molecule has 1 aromatic carbocycles. The van der Waals surface area contributed by atoms with Crippen LogP contribution in [0.2, 0.25) is 5.02 Å². The van der Waals surface area contributed by atoms with E-state index in [2.05, 4.69) is 26.2 Å². The molecule has 1 atom stereocenters. The molecule has 0 saturated carbocycles. The summed E-state index contributed by atoms with van der Waals surface area (Å²) in [4.78, 5) is 21.8. The third kappa shape index (κ3) is 3.67. The Morgan fingerprint density at radius 1 is 1.06 bits per heavy atom. The van der Waals surface area contributed by atoms with Gasteiger partial charge in [-0.3, -0.25) is 9.36 Å². The smallest absolute Gasteiger partial charge is 0.252 e. The fraction of sp³-hybridized carbons (Fsp3) is 0.115. The minimum Gasteiger partial charge on any atom is -0.374 e. The molecule has 0 fully saturated rings. The molecular weight excluding hydrogens is 464 g/mol. The number of hydrogen-bond acceptors (Lipinski definition) is 6. The monoisotopic (exact) mass is 482 g/mol. The lowest BCUT2D eigenvalue weighted by Gasteiger charge is -2.29. The number of pyridine rings is 3. The van der Waals surface area contributed by atoms with Gasteiger partial charge in [0.1, 0.15) is 11.3 Å². The molecule has 1 N–H and O–H groups in total. The Hall–Kier alpha value is -4.32. The van der Waals surface area contributed by atoms with Gasteiger partial charge in [0, 0.05) is 47.9 Å². The zero-order chi connectivity index (χ0) is 24.7. The number of fused-ring (bicyclic) bond motifs is 1. The maximum Gasteiger partial charge on any atom is 0.252 e. The number of hydrogen-bond donors (Lipinski definition) is 1. The number of terminal acetylenes is 1. The fourth-order valence-electron chi connectivity index (χ4n) is 4.17. The Bertz CT molecular complexity index is 1680. The lowest BCUT2D eigenvalue weighted by Crippen LogP contribution is -2.32. The summed E-state index contributed by atoms with van der Waals surface area (Å²) < 4.78 is 2.94. The van der Waals surface area contributed by atoms with E-state index in [9.17, 15) is 9.90 Å². The van der Waals surface area contributed by atoms with Gasteiger partial charge in [0.25, 0.3) is 5.56 Å². The molecule has 0 aliphatic rings. The standard InChI is InChI=1S/C26H19ClN6O2/c1-4-19-6-5-7-22(30-19)20-13-24(34)32(2)25-21(20)12-17(14-28-25)26(35,23-15-29-31-33(23)3)16-8-10-18(27)11-9-16/h1,5-15,35H,2-3H3/t26-/m1/s1. The van der Waals surface area contributed by atoms with Crippen LogP contribution in [0.1, 0.15) is 22.5 Å². The summed E-state index contributed by atoms with van der Waals surface area (Å²) in [7, 11) is 3.34. The van der Waals surface area contributed by atoms with Gasteiger partial charge in [-0.2, -0.15) is 0 Å². The SMILES string of the molecule is C#Cc1cccc(-c2cc(=O)n(C)c3ncc([C@](O)(c4ccc(Cl)cc4)c4cnnn4C)cc23)n1. The fourth-order valence-corrected chi connectivity index (χ4v) is 4.30. The molecule has 5 rings (SSSR count). The van der Waals surface area contributed by atoms with E-state index in [1.807, 2.05) is 0 Å². The summed E-state index contributed by atoms with van der Waals surface area (Å²) in [6, 6.07) is 15.4.